The van der Waals surface area contributed by atoms with Gasteiger partial charge in [-0.2, -0.15) is 0 Å². The van der Waals surface area contributed by atoms with Gasteiger partial charge in [-0.15, -0.1) is 6.58 Å². The van der Waals surface area contributed by atoms with E-state index in [4.69, 9.17) is 4.74 Å². The Balaban J connectivity index is 1.79. The average molecular weight is 344 g/mol. The van der Waals surface area contributed by atoms with Crippen molar-refractivity contribution in [1.82, 2.24) is 4.57 Å². The van der Waals surface area contributed by atoms with Crippen molar-refractivity contribution in [3.8, 4) is 0 Å². The van der Waals surface area contributed by atoms with Gasteiger partial charge in [-0.25, -0.2) is 0 Å². The van der Waals surface area contributed by atoms with Crippen LogP contribution in [0.3, 0.4) is 0 Å². The maximum atomic E-state index is 12.7. The minimum Gasteiger partial charge on any atom is -0.487 e. The molecule has 2 heterocycles. The van der Waals surface area contributed by atoms with Gasteiger partial charge < -0.3 is 14.6 Å². The van der Waals surface area contributed by atoms with Crippen LogP contribution < -0.4 is 5.32 Å². The normalized spacial score (nSPS) is 16.2. The zero-order chi connectivity index (χ0) is 18.1. The molecule has 0 saturated heterocycles. The topological polar surface area (TPSA) is 43.3 Å². The van der Waals surface area contributed by atoms with Crippen molar-refractivity contribution in [2.75, 3.05) is 11.9 Å². The number of aryl methyl sites for hydroxylation is 1. The summed E-state index contributed by atoms with van der Waals surface area (Å²) in [5.74, 6) is 0.0804. The molecule has 0 bridgehead atoms. The number of carbonyl (C=O) groups is 1. The lowest BCUT2D eigenvalue weighted by molar-refractivity contribution is -0.116. The molecular weight excluding hydrogens is 324 g/mol. The third-order valence-electron chi connectivity index (χ3n) is 4.79. The number of para-hydroxylation sites is 2. The molecule has 1 unspecified atom stereocenters. The number of hydrogen-bond donors (Lipinski definition) is 1. The van der Waals surface area contributed by atoms with Crippen LogP contribution in [0, 0.1) is 0 Å². The molecule has 4 nitrogen and oxygen atoms in total. The predicted octanol–water partition coefficient (Wildman–Crippen LogP) is 4.46. The Kier molecular flexibility index (Phi) is 4.09. The summed E-state index contributed by atoms with van der Waals surface area (Å²) in [4.78, 5) is 12.7. The van der Waals surface area contributed by atoms with Gasteiger partial charge in [0.15, 0.2) is 5.76 Å². The number of anilines is 1. The first kappa shape index (κ1) is 16.2. The molecule has 1 aliphatic heterocycles. The number of aromatic nitrogens is 1. The highest BCUT2D eigenvalue weighted by Crippen LogP contribution is 2.36. The van der Waals surface area contributed by atoms with E-state index < -0.39 is 0 Å². The average Bonchev–Trinajstić information content (AvgIpc) is 2.83. The second-order valence-corrected chi connectivity index (χ2v) is 6.36. The predicted molar refractivity (Wildman–Crippen MR) is 105 cm³/mol. The molecule has 0 aliphatic carbocycles. The van der Waals surface area contributed by atoms with E-state index in [0.717, 1.165) is 22.5 Å². The molecule has 1 aromatic heterocycles. The Labute approximate surface area is 152 Å². The summed E-state index contributed by atoms with van der Waals surface area (Å²) in [6.07, 6.45) is 3.72. The Morgan fingerprint density at radius 1 is 1.19 bits per heavy atom. The zero-order valence-corrected chi connectivity index (χ0v) is 14.6. The molecule has 1 atom stereocenters. The highest BCUT2D eigenvalue weighted by molar-refractivity contribution is 6.06. The maximum absolute atomic E-state index is 12.7. The molecule has 26 heavy (non-hydrogen) atoms. The molecule has 130 valence electrons. The van der Waals surface area contributed by atoms with Crippen molar-refractivity contribution in [1.29, 1.82) is 0 Å². The van der Waals surface area contributed by atoms with Crippen LogP contribution in [0.2, 0.25) is 0 Å². The minimum absolute atomic E-state index is 0.0226. The smallest absolute Gasteiger partial charge is 0.290 e. The van der Waals surface area contributed by atoms with Crippen molar-refractivity contribution in [2.45, 2.75) is 5.92 Å². The van der Waals surface area contributed by atoms with Gasteiger partial charge >= 0.3 is 0 Å². The summed E-state index contributed by atoms with van der Waals surface area (Å²) in [5, 5.41) is 4.06. The van der Waals surface area contributed by atoms with Crippen LogP contribution in [0.4, 0.5) is 5.69 Å². The highest BCUT2D eigenvalue weighted by atomic mass is 16.5. The summed E-state index contributed by atoms with van der Waals surface area (Å²) in [5.41, 5.74) is 4.00. The number of nitrogens with zero attached hydrogens (tertiary/aromatic N) is 1. The van der Waals surface area contributed by atoms with Gasteiger partial charge in [0.05, 0.1) is 6.61 Å². The molecule has 0 fully saturated rings. The number of hydrogen-bond acceptors (Lipinski definition) is 2. The molecule has 0 saturated carbocycles. The van der Waals surface area contributed by atoms with Gasteiger partial charge in [0.2, 0.25) is 0 Å². The third kappa shape index (κ3) is 2.69. The number of carbonyl (C=O) groups excluding carboxylic acids is 1. The monoisotopic (exact) mass is 344 g/mol. The molecule has 1 aliphatic rings. The Bertz CT molecular complexity index is 1020. The summed E-state index contributed by atoms with van der Waals surface area (Å²) >= 11 is 0. The van der Waals surface area contributed by atoms with Crippen LogP contribution in [-0.4, -0.2) is 17.1 Å². The third-order valence-corrected chi connectivity index (χ3v) is 4.79. The number of ether oxygens (including phenoxy) is 1. The fourth-order valence-electron chi connectivity index (χ4n) is 3.47. The van der Waals surface area contributed by atoms with Gasteiger partial charge in [0, 0.05) is 41.3 Å². The lowest BCUT2D eigenvalue weighted by atomic mass is 9.97. The van der Waals surface area contributed by atoms with Gasteiger partial charge in [-0.1, -0.05) is 42.5 Å². The first-order valence-corrected chi connectivity index (χ1v) is 8.60. The quantitative estimate of drug-likeness (QED) is 0.713. The molecule has 2 aromatic carbocycles. The van der Waals surface area contributed by atoms with E-state index in [1.807, 2.05) is 61.7 Å². The lowest BCUT2D eigenvalue weighted by Gasteiger charge is -2.13. The number of benzene rings is 2. The van der Waals surface area contributed by atoms with Crippen LogP contribution in [0.15, 0.2) is 73.0 Å². The fraction of sp³-hybridized carbons (Fsp3) is 0.136. The number of fused-ring (bicyclic) bond motifs is 3. The van der Waals surface area contributed by atoms with Crippen molar-refractivity contribution in [3.05, 3.63) is 84.3 Å². The molecular formula is C22H20N2O2. The number of rotatable bonds is 3. The first-order valence-electron chi connectivity index (χ1n) is 8.60. The van der Waals surface area contributed by atoms with E-state index in [2.05, 4.69) is 28.6 Å². The Morgan fingerprint density at radius 3 is 2.69 bits per heavy atom. The second-order valence-electron chi connectivity index (χ2n) is 6.36. The van der Waals surface area contributed by atoms with E-state index in [-0.39, 0.29) is 11.8 Å². The van der Waals surface area contributed by atoms with Crippen molar-refractivity contribution in [3.63, 3.8) is 0 Å². The minimum atomic E-state index is -0.253. The first-order chi connectivity index (χ1) is 12.7. The van der Waals surface area contributed by atoms with E-state index >= 15 is 0 Å². The van der Waals surface area contributed by atoms with Crippen LogP contribution >= 0.6 is 0 Å². The summed E-state index contributed by atoms with van der Waals surface area (Å²) in [6.45, 7) is 4.35. The van der Waals surface area contributed by atoms with Crippen LogP contribution in [0.1, 0.15) is 17.2 Å². The van der Waals surface area contributed by atoms with E-state index in [1.165, 1.54) is 5.39 Å². The molecule has 0 spiro atoms. The Hall–Kier alpha value is -3.27. The second kappa shape index (κ2) is 6.56. The van der Waals surface area contributed by atoms with Gasteiger partial charge in [-0.05, 0) is 23.8 Å². The standard InChI is InChI=1S/C22H20N2O2/c1-3-15-14-26-20(22(25)23-16-9-5-4-6-10-16)13-19-21(15)17-11-7-8-12-18(17)24(19)2/h3-13,15H,1,14H2,2H3,(H,23,25). The largest absolute Gasteiger partial charge is 0.487 e. The highest BCUT2D eigenvalue weighted by Gasteiger charge is 2.26. The maximum Gasteiger partial charge on any atom is 0.290 e. The molecule has 3 aromatic rings. The SMILES string of the molecule is C=CC1COC(C(=O)Nc2ccccc2)=Cc2c1c1ccccc1n2C. The van der Waals surface area contributed by atoms with Crippen molar-refractivity contribution < 1.29 is 9.53 Å². The molecule has 0 radical (unpaired) electrons. The molecule has 4 rings (SSSR count). The van der Waals surface area contributed by atoms with Gasteiger partial charge in [-0.3, -0.25) is 4.79 Å². The molecule has 1 amide bonds. The van der Waals surface area contributed by atoms with Crippen LogP contribution in [0.5, 0.6) is 0 Å². The van der Waals surface area contributed by atoms with E-state index in [9.17, 15) is 4.79 Å². The summed E-state index contributed by atoms with van der Waals surface area (Å²) in [7, 11) is 2.01. The Morgan fingerprint density at radius 2 is 1.92 bits per heavy atom. The summed E-state index contributed by atoms with van der Waals surface area (Å²) in [6, 6.07) is 17.6. The van der Waals surface area contributed by atoms with E-state index in [0.29, 0.717) is 12.4 Å². The van der Waals surface area contributed by atoms with Crippen LogP contribution in [0.25, 0.3) is 17.0 Å². The lowest BCUT2D eigenvalue weighted by Crippen LogP contribution is -2.17. The summed E-state index contributed by atoms with van der Waals surface area (Å²) < 4.78 is 7.95. The molecule has 4 heteroatoms. The number of nitrogens with one attached hydrogen (secondary N) is 1. The van der Waals surface area contributed by atoms with Crippen LogP contribution in [-0.2, 0) is 16.6 Å². The molecule has 1 N–H and O–H groups in total. The fourth-order valence-corrected chi connectivity index (χ4v) is 3.47. The van der Waals surface area contributed by atoms with Gasteiger partial charge in [0.1, 0.15) is 0 Å². The van der Waals surface area contributed by atoms with Crippen molar-refractivity contribution in [2.24, 2.45) is 7.05 Å². The number of amides is 1. The van der Waals surface area contributed by atoms with Crippen molar-refractivity contribution >= 4 is 28.6 Å². The van der Waals surface area contributed by atoms with Gasteiger partial charge in [0.25, 0.3) is 5.91 Å². The van der Waals surface area contributed by atoms with E-state index in [1.54, 1.807) is 0 Å². The zero-order valence-electron chi connectivity index (χ0n) is 14.6.